The third kappa shape index (κ3) is 5.53. The van der Waals surface area contributed by atoms with Crippen LogP contribution in [0.1, 0.15) is 5.56 Å². The summed E-state index contributed by atoms with van der Waals surface area (Å²) in [5.41, 5.74) is 0.781. The van der Waals surface area contributed by atoms with Gasteiger partial charge >= 0.3 is 0 Å². The average molecular weight is 510 g/mol. The van der Waals surface area contributed by atoms with Crippen LogP contribution in [0.5, 0.6) is 0 Å². The van der Waals surface area contributed by atoms with Crippen LogP contribution in [-0.2, 0) is 9.59 Å². The number of nitrogens with one attached hydrogen (secondary N) is 1. The molecule has 1 fully saturated rings. The highest BCUT2D eigenvalue weighted by Gasteiger charge is 2.36. The molecule has 1 saturated heterocycles. The van der Waals surface area contributed by atoms with Gasteiger partial charge in [-0.1, -0.05) is 42.5 Å². The van der Waals surface area contributed by atoms with Gasteiger partial charge in [0.25, 0.3) is 16.8 Å². The number of nitro groups is 1. The number of nitrogens with zero attached hydrogens (tertiary/aromatic N) is 2. The summed E-state index contributed by atoms with van der Waals surface area (Å²) in [6.45, 7) is -0.576. The number of anilines is 1. The number of carbonyl (C=O) groups excluding carboxylic acids is 3. The van der Waals surface area contributed by atoms with E-state index < -0.39 is 28.5 Å². The topological polar surface area (TPSA) is 130 Å². The Kier molecular flexibility index (Phi) is 7.49. The number of carbonyl (C=O) groups is 3. The molecule has 0 saturated carbocycles. The van der Waals surface area contributed by atoms with Crippen LogP contribution in [-0.4, -0.2) is 50.9 Å². The number of amides is 3. The van der Waals surface area contributed by atoms with E-state index in [4.69, 9.17) is 5.11 Å². The van der Waals surface area contributed by atoms with Gasteiger partial charge in [0, 0.05) is 22.9 Å². The molecule has 178 valence electrons. The third-order valence-corrected chi connectivity index (χ3v) is 7.02. The Hall–Kier alpha value is -3.67. The standard InChI is InChI=1S/C24H19N3O6S2/c28-10-11-34-20-9-8-15(12-19(20)27(32)33)13-21-23(30)26(24(31)35-21)14-22(29)25-18-7-3-5-16-4-1-2-6-17(16)18/h1-9,12-13,28H,10-11,14H2,(H,25,29)/b21-13-. The van der Waals surface area contributed by atoms with E-state index in [1.807, 2.05) is 30.3 Å². The summed E-state index contributed by atoms with van der Waals surface area (Å²) in [4.78, 5) is 50.1. The minimum atomic E-state index is -0.644. The number of fused-ring (bicyclic) bond motifs is 1. The molecule has 3 aromatic rings. The van der Waals surface area contributed by atoms with Gasteiger partial charge in [-0.15, -0.1) is 11.8 Å². The van der Waals surface area contributed by atoms with Gasteiger partial charge in [-0.3, -0.25) is 29.4 Å². The molecule has 1 aliphatic rings. The highest BCUT2D eigenvalue weighted by Crippen LogP contribution is 2.35. The van der Waals surface area contributed by atoms with Gasteiger partial charge in [-0.2, -0.15) is 0 Å². The fraction of sp³-hybridized carbons (Fsp3) is 0.125. The number of aliphatic hydroxyl groups is 1. The molecule has 0 spiro atoms. The van der Waals surface area contributed by atoms with Crippen LogP contribution in [0, 0.1) is 10.1 Å². The second-order valence-electron chi connectivity index (χ2n) is 7.40. The quantitative estimate of drug-likeness (QED) is 0.196. The molecule has 11 heteroatoms. The first kappa shape index (κ1) is 24.5. The van der Waals surface area contributed by atoms with Crippen LogP contribution in [0.15, 0.2) is 70.5 Å². The molecular formula is C24H19N3O6S2. The number of imide groups is 1. The van der Waals surface area contributed by atoms with E-state index in [-0.39, 0.29) is 17.2 Å². The Labute approximate surface area is 208 Å². The molecule has 0 radical (unpaired) electrons. The first-order chi connectivity index (χ1) is 16.9. The van der Waals surface area contributed by atoms with Crippen molar-refractivity contribution in [2.75, 3.05) is 24.2 Å². The molecule has 3 aromatic carbocycles. The minimum Gasteiger partial charge on any atom is -0.396 e. The Morgan fingerprint density at radius 1 is 1.14 bits per heavy atom. The van der Waals surface area contributed by atoms with E-state index in [2.05, 4.69) is 5.32 Å². The van der Waals surface area contributed by atoms with Gasteiger partial charge in [0.15, 0.2) is 0 Å². The van der Waals surface area contributed by atoms with Crippen LogP contribution in [0.2, 0.25) is 0 Å². The summed E-state index contributed by atoms with van der Waals surface area (Å²) in [6, 6.07) is 17.4. The lowest BCUT2D eigenvalue weighted by molar-refractivity contribution is -0.387. The molecule has 4 rings (SSSR count). The van der Waals surface area contributed by atoms with E-state index in [0.717, 1.165) is 27.4 Å². The molecule has 0 aliphatic carbocycles. The molecule has 3 amide bonds. The van der Waals surface area contributed by atoms with Gasteiger partial charge in [0.05, 0.1) is 21.3 Å². The van der Waals surface area contributed by atoms with Crippen LogP contribution >= 0.6 is 23.5 Å². The van der Waals surface area contributed by atoms with Crippen molar-refractivity contribution < 1.29 is 24.4 Å². The van der Waals surface area contributed by atoms with Crippen LogP contribution in [0.4, 0.5) is 16.2 Å². The van der Waals surface area contributed by atoms with E-state index in [1.165, 1.54) is 18.2 Å². The monoisotopic (exact) mass is 509 g/mol. The number of hydrogen-bond acceptors (Lipinski definition) is 8. The fourth-order valence-electron chi connectivity index (χ4n) is 3.50. The SMILES string of the molecule is O=C(CN1C(=O)S/C(=C\c2ccc(SCCO)c([N+](=O)[O-])c2)C1=O)Nc1cccc2ccccc12. The number of benzene rings is 3. The van der Waals surface area contributed by atoms with E-state index in [0.29, 0.717) is 33.7 Å². The van der Waals surface area contributed by atoms with Crippen LogP contribution < -0.4 is 5.32 Å². The van der Waals surface area contributed by atoms with E-state index in [1.54, 1.807) is 18.2 Å². The normalized spacial score (nSPS) is 14.7. The Morgan fingerprint density at radius 3 is 2.69 bits per heavy atom. The first-order valence-corrected chi connectivity index (χ1v) is 12.2. The molecule has 0 aromatic heterocycles. The lowest BCUT2D eigenvalue weighted by Gasteiger charge is -2.13. The molecule has 1 aliphatic heterocycles. The van der Waals surface area contributed by atoms with Crippen LogP contribution in [0.3, 0.4) is 0 Å². The summed E-state index contributed by atoms with van der Waals surface area (Å²) >= 11 is 1.82. The second-order valence-corrected chi connectivity index (χ2v) is 9.53. The van der Waals surface area contributed by atoms with Crippen molar-refractivity contribution in [3.8, 4) is 0 Å². The average Bonchev–Trinajstić information content (AvgIpc) is 3.10. The number of aliphatic hydroxyl groups excluding tert-OH is 1. The van der Waals surface area contributed by atoms with E-state index >= 15 is 0 Å². The predicted molar refractivity (Wildman–Crippen MR) is 136 cm³/mol. The Morgan fingerprint density at radius 2 is 1.91 bits per heavy atom. The van der Waals surface area contributed by atoms with Gasteiger partial charge < -0.3 is 10.4 Å². The molecule has 2 N–H and O–H groups in total. The summed E-state index contributed by atoms with van der Waals surface area (Å²) in [7, 11) is 0. The summed E-state index contributed by atoms with van der Waals surface area (Å²) in [6.07, 6.45) is 1.39. The Balaban J connectivity index is 1.49. The molecule has 35 heavy (non-hydrogen) atoms. The maximum atomic E-state index is 12.8. The highest BCUT2D eigenvalue weighted by atomic mass is 32.2. The van der Waals surface area contributed by atoms with Gasteiger partial charge in [0.1, 0.15) is 6.54 Å². The van der Waals surface area contributed by atoms with Crippen LogP contribution in [0.25, 0.3) is 16.8 Å². The summed E-state index contributed by atoms with van der Waals surface area (Å²) in [5.74, 6) is -0.861. The predicted octanol–water partition coefficient (Wildman–Crippen LogP) is 4.51. The van der Waals surface area contributed by atoms with Gasteiger partial charge in [-0.25, -0.2) is 0 Å². The molecule has 1 heterocycles. The maximum absolute atomic E-state index is 12.8. The zero-order valence-electron chi connectivity index (χ0n) is 18.2. The molecule has 0 atom stereocenters. The van der Waals surface area contributed by atoms with Crippen molar-refractivity contribution in [3.63, 3.8) is 0 Å². The molecule has 9 nitrogen and oxygen atoms in total. The highest BCUT2D eigenvalue weighted by molar-refractivity contribution is 8.18. The molecule has 0 unspecified atom stereocenters. The number of hydrogen-bond donors (Lipinski definition) is 2. The van der Waals surface area contributed by atoms with Gasteiger partial charge in [0.2, 0.25) is 5.91 Å². The van der Waals surface area contributed by atoms with Crippen molar-refractivity contribution in [3.05, 3.63) is 81.2 Å². The summed E-state index contributed by atoms with van der Waals surface area (Å²) in [5, 5.41) is 24.3. The minimum absolute atomic E-state index is 0.0676. The van der Waals surface area contributed by atoms with Gasteiger partial charge in [-0.05, 0) is 40.9 Å². The van der Waals surface area contributed by atoms with Crippen molar-refractivity contribution in [2.45, 2.75) is 4.90 Å². The second kappa shape index (κ2) is 10.7. The first-order valence-electron chi connectivity index (χ1n) is 10.4. The van der Waals surface area contributed by atoms with Crippen molar-refractivity contribution in [2.24, 2.45) is 0 Å². The number of thioether (sulfide) groups is 2. The number of rotatable bonds is 8. The Bertz CT molecular complexity index is 1370. The van der Waals surface area contributed by atoms with Crippen molar-refractivity contribution in [1.29, 1.82) is 0 Å². The number of nitro benzene ring substituents is 1. The molecular weight excluding hydrogens is 490 g/mol. The van der Waals surface area contributed by atoms with E-state index in [9.17, 15) is 24.5 Å². The van der Waals surface area contributed by atoms with Crippen molar-refractivity contribution >= 4 is 68.8 Å². The van der Waals surface area contributed by atoms with Crippen molar-refractivity contribution in [1.82, 2.24) is 4.90 Å². The molecule has 0 bridgehead atoms. The zero-order valence-corrected chi connectivity index (χ0v) is 19.8. The fourth-order valence-corrected chi connectivity index (χ4v) is 5.10. The largest absolute Gasteiger partial charge is 0.396 e. The summed E-state index contributed by atoms with van der Waals surface area (Å²) < 4.78 is 0. The lowest BCUT2D eigenvalue weighted by Crippen LogP contribution is -2.36. The zero-order chi connectivity index (χ0) is 24.9. The third-order valence-electron chi connectivity index (χ3n) is 5.07. The lowest BCUT2D eigenvalue weighted by atomic mass is 10.1. The maximum Gasteiger partial charge on any atom is 0.294 e. The smallest absolute Gasteiger partial charge is 0.294 e.